The molecule has 0 amide bonds. The molecule has 0 unspecified atom stereocenters. The zero-order valence-electron chi connectivity index (χ0n) is 12.1. The summed E-state index contributed by atoms with van der Waals surface area (Å²) >= 11 is 1.46. The van der Waals surface area contributed by atoms with Gasteiger partial charge in [0.1, 0.15) is 0 Å². The average Bonchev–Trinajstić information content (AvgIpc) is 3.04. The highest BCUT2D eigenvalue weighted by molar-refractivity contribution is 7.89. The predicted octanol–water partition coefficient (Wildman–Crippen LogP) is 1.23. The highest BCUT2D eigenvalue weighted by Crippen LogP contribution is 2.27. The number of sulfonamides is 1. The van der Waals surface area contributed by atoms with Gasteiger partial charge in [0.25, 0.3) is 0 Å². The summed E-state index contributed by atoms with van der Waals surface area (Å²) in [6.07, 6.45) is 2.44. The van der Waals surface area contributed by atoms with Crippen molar-refractivity contribution in [2.45, 2.75) is 31.2 Å². The number of likely N-dealkylation sites (tertiary alicyclic amines) is 1. The van der Waals surface area contributed by atoms with Gasteiger partial charge in [-0.2, -0.15) is 4.31 Å². The van der Waals surface area contributed by atoms with E-state index in [4.69, 9.17) is 5.73 Å². The maximum atomic E-state index is 12.6. The molecule has 2 rings (SSSR count). The topological polar surface area (TPSA) is 66.6 Å². The molecule has 0 saturated carbocycles. The second kappa shape index (κ2) is 6.53. The summed E-state index contributed by atoms with van der Waals surface area (Å²) < 4.78 is 26.6. The SMILES string of the molecule is Cc1sc(CN)cc1S(=O)(=O)N(C)CCN1CCCC1. The smallest absolute Gasteiger partial charge is 0.243 e. The molecular formula is C13H23N3O2S2. The van der Waals surface area contributed by atoms with E-state index in [1.54, 1.807) is 13.1 Å². The van der Waals surface area contributed by atoms with E-state index in [1.807, 2.05) is 6.92 Å². The van der Waals surface area contributed by atoms with E-state index in [2.05, 4.69) is 4.90 Å². The van der Waals surface area contributed by atoms with Crippen LogP contribution in [0, 0.1) is 6.92 Å². The van der Waals surface area contributed by atoms with E-state index in [1.165, 1.54) is 28.5 Å². The van der Waals surface area contributed by atoms with Crippen LogP contribution in [-0.4, -0.2) is 50.8 Å². The van der Waals surface area contributed by atoms with Gasteiger partial charge in [-0.1, -0.05) is 0 Å². The summed E-state index contributed by atoms with van der Waals surface area (Å²) in [5, 5.41) is 0. The maximum Gasteiger partial charge on any atom is 0.243 e. The second-order valence-electron chi connectivity index (χ2n) is 5.21. The van der Waals surface area contributed by atoms with Crippen LogP contribution in [0.25, 0.3) is 0 Å². The lowest BCUT2D eigenvalue weighted by Crippen LogP contribution is -2.35. The quantitative estimate of drug-likeness (QED) is 0.857. The van der Waals surface area contributed by atoms with Crippen LogP contribution in [0.4, 0.5) is 0 Å². The molecule has 1 aromatic rings. The molecule has 0 bridgehead atoms. The first-order valence-corrected chi connectivity index (χ1v) is 9.19. The third-order valence-corrected chi connectivity index (χ3v) is 6.93. The Balaban J connectivity index is 2.05. The van der Waals surface area contributed by atoms with E-state index in [0.717, 1.165) is 29.4 Å². The van der Waals surface area contributed by atoms with E-state index in [-0.39, 0.29) is 0 Å². The largest absolute Gasteiger partial charge is 0.326 e. The molecule has 7 heteroatoms. The first kappa shape index (κ1) is 15.9. The van der Waals surface area contributed by atoms with Gasteiger partial charge in [-0.05, 0) is 38.9 Å². The Morgan fingerprint density at radius 3 is 2.60 bits per heavy atom. The van der Waals surface area contributed by atoms with Crippen LogP contribution in [0.1, 0.15) is 22.6 Å². The fourth-order valence-corrected chi connectivity index (χ4v) is 5.10. The molecule has 114 valence electrons. The standard InChI is InChI=1S/C13H23N3O2S2/c1-11-13(9-12(10-14)19-11)20(17,18)15(2)7-8-16-5-3-4-6-16/h9H,3-8,10,14H2,1-2H3. The molecule has 0 aromatic carbocycles. The van der Waals surface area contributed by atoms with Gasteiger partial charge in [-0.15, -0.1) is 11.3 Å². The van der Waals surface area contributed by atoms with Gasteiger partial charge in [0.05, 0.1) is 4.90 Å². The Hall–Kier alpha value is -0.470. The maximum absolute atomic E-state index is 12.6. The Kier molecular flexibility index (Phi) is 5.19. The van der Waals surface area contributed by atoms with Crippen molar-refractivity contribution in [3.8, 4) is 0 Å². The number of likely N-dealkylation sites (N-methyl/N-ethyl adjacent to an activating group) is 1. The Bertz CT molecular complexity index is 548. The number of nitrogens with two attached hydrogens (primary N) is 1. The second-order valence-corrected chi connectivity index (χ2v) is 8.57. The third-order valence-electron chi connectivity index (χ3n) is 3.74. The van der Waals surface area contributed by atoms with Gasteiger partial charge < -0.3 is 10.6 Å². The van der Waals surface area contributed by atoms with Crippen molar-refractivity contribution in [1.82, 2.24) is 9.21 Å². The minimum absolute atomic E-state index is 0.387. The molecule has 0 atom stereocenters. The zero-order chi connectivity index (χ0) is 14.8. The van der Waals surface area contributed by atoms with Crippen molar-refractivity contribution >= 4 is 21.4 Å². The molecule has 5 nitrogen and oxygen atoms in total. The van der Waals surface area contributed by atoms with E-state index < -0.39 is 10.0 Å². The monoisotopic (exact) mass is 317 g/mol. The average molecular weight is 317 g/mol. The van der Waals surface area contributed by atoms with Crippen molar-refractivity contribution < 1.29 is 8.42 Å². The van der Waals surface area contributed by atoms with Crippen LogP contribution in [0.15, 0.2) is 11.0 Å². The fraction of sp³-hybridized carbons (Fsp3) is 0.692. The number of hydrogen-bond acceptors (Lipinski definition) is 5. The van der Waals surface area contributed by atoms with Gasteiger partial charge in [-0.25, -0.2) is 8.42 Å². The molecule has 1 aromatic heterocycles. The summed E-state index contributed by atoms with van der Waals surface area (Å²) in [7, 11) is -1.73. The van der Waals surface area contributed by atoms with Crippen molar-refractivity contribution in [1.29, 1.82) is 0 Å². The number of rotatable bonds is 6. The van der Waals surface area contributed by atoms with Gasteiger partial charge >= 0.3 is 0 Å². The van der Waals surface area contributed by atoms with Gasteiger partial charge in [-0.3, -0.25) is 0 Å². The normalized spacial score (nSPS) is 17.2. The van der Waals surface area contributed by atoms with Gasteiger partial charge in [0.15, 0.2) is 0 Å². The van der Waals surface area contributed by atoms with Crippen LogP contribution in [0.5, 0.6) is 0 Å². The summed E-state index contributed by atoms with van der Waals surface area (Å²) in [4.78, 5) is 4.46. The molecule has 1 aliphatic heterocycles. The van der Waals surface area contributed by atoms with Crippen LogP contribution in [0.2, 0.25) is 0 Å². The lowest BCUT2D eigenvalue weighted by atomic mass is 10.4. The highest BCUT2D eigenvalue weighted by Gasteiger charge is 2.25. The summed E-state index contributed by atoms with van der Waals surface area (Å²) in [6, 6.07) is 1.71. The lowest BCUT2D eigenvalue weighted by molar-refractivity contribution is 0.310. The minimum atomic E-state index is -3.39. The molecule has 0 aliphatic carbocycles. The van der Waals surface area contributed by atoms with Crippen LogP contribution < -0.4 is 5.73 Å². The third kappa shape index (κ3) is 3.40. The van der Waals surface area contributed by atoms with E-state index in [0.29, 0.717) is 18.0 Å². The molecule has 2 N–H and O–H groups in total. The van der Waals surface area contributed by atoms with Crippen LogP contribution in [-0.2, 0) is 16.6 Å². The fourth-order valence-electron chi connectivity index (χ4n) is 2.46. The van der Waals surface area contributed by atoms with Gasteiger partial charge in [0, 0.05) is 36.4 Å². The molecule has 0 spiro atoms. The molecule has 2 heterocycles. The predicted molar refractivity (Wildman–Crippen MR) is 82.4 cm³/mol. The zero-order valence-corrected chi connectivity index (χ0v) is 13.8. The molecule has 1 fully saturated rings. The first-order chi connectivity index (χ1) is 9.45. The van der Waals surface area contributed by atoms with Crippen molar-refractivity contribution in [3.05, 3.63) is 15.8 Å². The van der Waals surface area contributed by atoms with Crippen LogP contribution >= 0.6 is 11.3 Å². The van der Waals surface area contributed by atoms with E-state index in [9.17, 15) is 8.42 Å². The Morgan fingerprint density at radius 1 is 1.40 bits per heavy atom. The molecular weight excluding hydrogens is 294 g/mol. The summed E-state index contributed by atoms with van der Waals surface area (Å²) in [6.45, 7) is 5.74. The first-order valence-electron chi connectivity index (χ1n) is 6.93. The lowest BCUT2D eigenvalue weighted by Gasteiger charge is -2.21. The van der Waals surface area contributed by atoms with Crippen molar-refractivity contribution in [2.24, 2.45) is 5.73 Å². The number of nitrogens with zero attached hydrogens (tertiary/aromatic N) is 2. The van der Waals surface area contributed by atoms with Crippen LogP contribution in [0.3, 0.4) is 0 Å². The molecule has 20 heavy (non-hydrogen) atoms. The van der Waals surface area contributed by atoms with Crippen molar-refractivity contribution in [3.63, 3.8) is 0 Å². The number of aryl methyl sites for hydroxylation is 1. The molecule has 1 saturated heterocycles. The summed E-state index contributed by atoms with van der Waals surface area (Å²) in [5.41, 5.74) is 5.59. The Labute approximate surface area is 125 Å². The summed E-state index contributed by atoms with van der Waals surface area (Å²) in [5.74, 6) is 0. The number of hydrogen-bond donors (Lipinski definition) is 1. The highest BCUT2D eigenvalue weighted by atomic mass is 32.2. The van der Waals surface area contributed by atoms with Gasteiger partial charge in [0.2, 0.25) is 10.0 Å². The minimum Gasteiger partial charge on any atom is -0.326 e. The van der Waals surface area contributed by atoms with E-state index >= 15 is 0 Å². The molecule has 1 aliphatic rings. The number of thiophene rings is 1. The molecule has 0 radical (unpaired) electrons. The Morgan fingerprint density at radius 2 is 2.05 bits per heavy atom. The van der Waals surface area contributed by atoms with Crippen molar-refractivity contribution in [2.75, 3.05) is 33.2 Å².